The lowest BCUT2D eigenvalue weighted by Crippen LogP contribution is -2.48. The molecular weight excluding hydrogens is 358 g/mol. The molecule has 0 aromatic heterocycles. The van der Waals surface area contributed by atoms with Crippen LogP contribution < -0.4 is 0 Å². The molecule has 1 N–H and O–H groups in total. The van der Waals surface area contributed by atoms with E-state index < -0.39 is 14.2 Å². The SMILES string of the molecule is CC(C)(C)[C@H](O)[C@@H](C#C[Si](C)(C)C)N(Cc1ccccc1)Cc1ccccc1. The van der Waals surface area contributed by atoms with Gasteiger partial charge in [-0.05, 0) is 16.5 Å². The molecule has 150 valence electrons. The molecule has 2 nitrogen and oxygen atoms in total. The molecule has 2 aromatic rings. The molecular formula is C25H35NOSi. The Bertz CT molecular complexity index is 737. The predicted molar refractivity (Wildman–Crippen MR) is 123 cm³/mol. The molecule has 0 aliphatic heterocycles. The summed E-state index contributed by atoms with van der Waals surface area (Å²) in [5.41, 5.74) is 5.74. The fourth-order valence-electron chi connectivity index (χ4n) is 3.02. The maximum Gasteiger partial charge on any atom is 0.129 e. The van der Waals surface area contributed by atoms with Gasteiger partial charge in [0.05, 0.1) is 12.1 Å². The molecule has 28 heavy (non-hydrogen) atoms. The Morgan fingerprint density at radius 3 is 1.64 bits per heavy atom. The first-order chi connectivity index (χ1) is 13.1. The van der Waals surface area contributed by atoms with Crippen LogP contribution in [-0.2, 0) is 13.1 Å². The standard InChI is InChI=1S/C25H35NOSi/c1-25(2,3)24(27)23(17-18-28(4,5)6)26(19-21-13-9-7-10-14-21)20-22-15-11-8-12-16-22/h7-16,23-24,27H,19-20H2,1-6H3/t23-,24-/m1/s1. The van der Waals surface area contributed by atoms with Crippen molar-refractivity contribution in [2.45, 2.75) is 65.6 Å². The summed E-state index contributed by atoms with van der Waals surface area (Å²) in [6.07, 6.45) is -0.538. The highest BCUT2D eigenvalue weighted by molar-refractivity contribution is 6.83. The van der Waals surface area contributed by atoms with Crippen molar-refractivity contribution in [2.75, 3.05) is 0 Å². The van der Waals surface area contributed by atoms with Crippen molar-refractivity contribution in [1.29, 1.82) is 0 Å². The second-order valence-electron chi connectivity index (χ2n) is 9.65. The summed E-state index contributed by atoms with van der Waals surface area (Å²) >= 11 is 0. The van der Waals surface area contributed by atoms with Gasteiger partial charge in [-0.3, -0.25) is 4.90 Å². The normalized spacial score (nSPS) is 14.3. The van der Waals surface area contributed by atoms with Gasteiger partial charge in [-0.25, -0.2) is 0 Å². The molecule has 0 spiro atoms. The quantitative estimate of drug-likeness (QED) is 0.528. The smallest absolute Gasteiger partial charge is 0.129 e. The molecule has 0 saturated carbocycles. The molecule has 0 aliphatic carbocycles. The van der Waals surface area contributed by atoms with Crippen LogP contribution in [0.4, 0.5) is 0 Å². The minimum absolute atomic E-state index is 0.216. The predicted octanol–water partition coefficient (Wildman–Crippen LogP) is 5.35. The zero-order chi connectivity index (χ0) is 20.8. The van der Waals surface area contributed by atoms with Crippen LogP contribution in [0.25, 0.3) is 0 Å². The zero-order valence-corrected chi connectivity index (χ0v) is 19.2. The van der Waals surface area contributed by atoms with Gasteiger partial charge in [0.2, 0.25) is 0 Å². The molecule has 0 radical (unpaired) electrons. The first kappa shape index (κ1) is 22.4. The Morgan fingerprint density at radius 1 is 0.857 bits per heavy atom. The topological polar surface area (TPSA) is 23.5 Å². The second kappa shape index (κ2) is 9.56. The summed E-state index contributed by atoms with van der Waals surface area (Å²) in [6.45, 7) is 14.5. The van der Waals surface area contributed by atoms with Crippen molar-refractivity contribution in [2.24, 2.45) is 5.41 Å². The summed E-state index contributed by atoms with van der Waals surface area (Å²) in [5.74, 6) is 3.49. The molecule has 3 heteroatoms. The van der Waals surface area contributed by atoms with Crippen LogP contribution in [-0.4, -0.2) is 30.2 Å². The van der Waals surface area contributed by atoms with Gasteiger partial charge in [-0.15, -0.1) is 5.54 Å². The molecule has 0 aliphatic rings. The maximum absolute atomic E-state index is 11.2. The number of benzene rings is 2. The van der Waals surface area contributed by atoms with E-state index in [0.29, 0.717) is 0 Å². The van der Waals surface area contributed by atoms with Gasteiger partial charge in [-0.1, -0.05) is 107 Å². The lowest BCUT2D eigenvalue weighted by molar-refractivity contribution is -0.00316. The maximum atomic E-state index is 11.2. The van der Waals surface area contributed by atoms with E-state index in [-0.39, 0.29) is 11.5 Å². The molecule has 0 amide bonds. The van der Waals surface area contributed by atoms with Gasteiger partial charge >= 0.3 is 0 Å². The van der Waals surface area contributed by atoms with Crippen LogP contribution in [0.1, 0.15) is 31.9 Å². The average molecular weight is 394 g/mol. The number of rotatable bonds is 6. The summed E-state index contributed by atoms with van der Waals surface area (Å²) < 4.78 is 0. The number of aliphatic hydroxyl groups excluding tert-OH is 1. The highest BCUT2D eigenvalue weighted by atomic mass is 28.3. The molecule has 0 unspecified atom stereocenters. The number of hydrogen-bond donors (Lipinski definition) is 1. The first-order valence-corrected chi connectivity index (χ1v) is 13.6. The minimum Gasteiger partial charge on any atom is -0.390 e. The molecule has 0 saturated heterocycles. The first-order valence-electron chi connectivity index (χ1n) is 10.1. The fraction of sp³-hybridized carbons (Fsp3) is 0.440. The third-order valence-corrected chi connectivity index (χ3v) is 5.53. The minimum atomic E-state index is -1.55. The van der Waals surface area contributed by atoms with Crippen LogP contribution in [0.3, 0.4) is 0 Å². The van der Waals surface area contributed by atoms with Gasteiger partial charge in [-0.2, -0.15) is 0 Å². The van der Waals surface area contributed by atoms with Gasteiger partial charge in [0.15, 0.2) is 0 Å². The van der Waals surface area contributed by atoms with Crippen LogP contribution in [0.2, 0.25) is 19.6 Å². The van der Waals surface area contributed by atoms with Crippen molar-refractivity contribution in [3.05, 3.63) is 71.8 Å². The zero-order valence-electron chi connectivity index (χ0n) is 18.2. The Kier molecular flexibility index (Phi) is 7.66. The number of hydrogen-bond acceptors (Lipinski definition) is 2. The molecule has 0 bridgehead atoms. The van der Waals surface area contributed by atoms with Gasteiger partial charge in [0.25, 0.3) is 0 Å². The second-order valence-corrected chi connectivity index (χ2v) is 14.4. The van der Waals surface area contributed by atoms with E-state index in [1.807, 2.05) is 12.1 Å². The van der Waals surface area contributed by atoms with E-state index in [1.165, 1.54) is 11.1 Å². The average Bonchev–Trinajstić information content (AvgIpc) is 2.61. The molecule has 2 atom stereocenters. The van der Waals surface area contributed by atoms with E-state index in [2.05, 4.69) is 105 Å². The largest absolute Gasteiger partial charge is 0.390 e. The third kappa shape index (κ3) is 7.28. The Morgan fingerprint density at radius 2 is 1.29 bits per heavy atom. The molecule has 2 rings (SSSR count). The van der Waals surface area contributed by atoms with Crippen molar-refractivity contribution in [1.82, 2.24) is 4.90 Å². The summed E-state index contributed by atoms with van der Waals surface area (Å²) in [7, 11) is -1.55. The van der Waals surface area contributed by atoms with Crippen LogP contribution in [0, 0.1) is 16.9 Å². The highest BCUT2D eigenvalue weighted by Gasteiger charge is 2.33. The lowest BCUT2D eigenvalue weighted by Gasteiger charge is -2.38. The monoisotopic (exact) mass is 393 g/mol. The molecule has 0 fully saturated rings. The Labute approximate surface area is 172 Å². The van der Waals surface area contributed by atoms with Gasteiger partial charge in [0.1, 0.15) is 8.07 Å². The van der Waals surface area contributed by atoms with Crippen molar-refractivity contribution in [3.8, 4) is 11.5 Å². The molecule has 2 aromatic carbocycles. The third-order valence-electron chi connectivity index (χ3n) is 4.63. The van der Waals surface area contributed by atoms with Crippen molar-refractivity contribution < 1.29 is 5.11 Å². The Balaban J connectivity index is 2.44. The van der Waals surface area contributed by atoms with E-state index >= 15 is 0 Å². The highest BCUT2D eigenvalue weighted by Crippen LogP contribution is 2.26. The number of nitrogens with zero attached hydrogens (tertiary/aromatic N) is 1. The Hall–Kier alpha value is -1.86. The van der Waals surface area contributed by atoms with Crippen LogP contribution >= 0.6 is 0 Å². The van der Waals surface area contributed by atoms with Crippen molar-refractivity contribution in [3.63, 3.8) is 0 Å². The fourth-order valence-corrected chi connectivity index (χ4v) is 3.60. The summed E-state index contributed by atoms with van der Waals surface area (Å²) in [4.78, 5) is 2.33. The van der Waals surface area contributed by atoms with E-state index in [9.17, 15) is 5.11 Å². The van der Waals surface area contributed by atoms with E-state index in [4.69, 9.17) is 0 Å². The summed E-state index contributed by atoms with van der Waals surface area (Å²) in [6, 6.07) is 20.7. The lowest BCUT2D eigenvalue weighted by atomic mass is 9.84. The summed E-state index contributed by atoms with van der Waals surface area (Å²) in [5, 5.41) is 11.2. The van der Waals surface area contributed by atoms with Crippen LogP contribution in [0.5, 0.6) is 0 Å². The van der Waals surface area contributed by atoms with Gasteiger partial charge < -0.3 is 5.11 Å². The van der Waals surface area contributed by atoms with E-state index in [1.54, 1.807) is 0 Å². The van der Waals surface area contributed by atoms with Crippen molar-refractivity contribution >= 4 is 8.07 Å². The van der Waals surface area contributed by atoms with Crippen LogP contribution in [0.15, 0.2) is 60.7 Å². The van der Waals surface area contributed by atoms with E-state index in [0.717, 1.165) is 13.1 Å². The number of aliphatic hydroxyl groups is 1. The van der Waals surface area contributed by atoms with Gasteiger partial charge in [0, 0.05) is 13.1 Å². The molecule has 0 heterocycles.